The molecule has 0 bridgehead atoms. The zero-order valence-electron chi connectivity index (χ0n) is 70.8. The molecule has 0 saturated carbocycles. The second-order valence-electron chi connectivity index (χ2n) is 30.9. The molecule has 0 radical (unpaired) electrons. The molecule has 0 aromatic heterocycles. The van der Waals surface area contributed by atoms with Crippen LogP contribution in [-0.2, 0) is 14.2 Å². The second-order valence-corrected chi connectivity index (χ2v) is 30.9. The number of hydrogen-bond acceptors (Lipinski definition) is 16. The fourth-order valence-electron chi connectivity index (χ4n) is 17.0. The molecule has 127 heavy (non-hydrogen) atoms. The lowest BCUT2D eigenvalue weighted by Gasteiger charge is -2.38. The van der Waals surface area contributed by atoms with Crippen LogP contribution in [0.2, 0.25) is 0 Å². The largest absolute Gasteiger partial charge is 1.00 e. The van der Waals surface area contributed by atoms with Gasteiger partial charge in [-0.2, -0.15) is 0 Å². The summed E-state index contributed by atoms with van der Waals surface area (Å²) < 4.78 is 16.6. The quantitative estimate of drug-likeness (QED) is 0.0203. The van der Waals surface area contributed by atoms with E-state index in [0.29, 0.717) is 125 Å². The number of ketones is 6. The van der Waals surface area contributed by atoms with Crippen LogP contribution in [0.15, 0.2) is 252 Å². The van der Waals surface area contributed by atoms with Crippen LogP contribution in [0.25, 0.3) is 101 Å². The van der Waals surface area contributed by atoms with Gasteiger partial charge in [-0.15, -0.1) is 0 Å². The number of benzene rings is 12. The van der Waals surface area contributed by atoms with Gasteiger partial charge in [0.15, 0.2) is 34.7 Å². The third-order valence-electron chi connectivity index (χ3n) is 22.9. The number of Topliss-reactive ketones (excluding diaryl/α,β-unsaturated/α-hetero) is 6. The molecule has 0 heterocycles. The van der Waals surface area contributed by atoms with Crippen LogP contribution < -0.4 is 66.8 Å². The maximum Gasteiger partial charge on any atom is 0.195 e. The van der Waals surface area contributed by atoms with Crippen molar-refractivity contribution in [2.75, 3.05) is 145 Å². The lowest BCUT2D eigenvalue weighted by Crippen LogP contribution is -3.00. The van der Waals surface area contributed by atoms with Crippen molar-refractivity contribution in [3.63, 3.8) is 0 Å². The average molecular weight is 1800 g/mol. The lowest BCUT2D eigenvalue weighted by atomic mass is 9.86. The van der Waals surface area contributed by atoms with E-state index >= 15 is 0 Å². The van der Waals surface area contributed by atoms with Crippen LogP contribution in [0.4, 0.5) is 0 Å². The Morgan fingerprint density at radius 2 is 0.551 bits per heavy atom. The van der Waals surface area contributed by atoms with E-state index in [2.05, 4.69) is 23.3 Å². The summed E-state index contributed by atoms with van der Waals surface area (Å²) in [6, 6.07) is 71.4. The van der Waals surface area contributed by atoms with Crippen LogP contribution in [0.3, 0.4) is 0 Å². The third kappa shape index (κ3) is 23.2. The molecular weight excluding hydrogens is 1690 g/mol. The first-order valence-corrected chi connectivity index (χ1v) is 42.1. The summed E-state index contributed by atoms with van der Waals surface area (Å²) in [6.45, 7) is 7.80. The number of carbonyl (C=O) groups is 6. The van der Waals surface area contributed by atoms with Crippen molar-refractivity contribution >= 4 is 136 Å². The number of unbranched alkanes of at least 4 members (excludes halogenated alkanes) is 1. The molecule has 24 heteroatoms. The van der Waals surface area contributed by atoms with Crippen LogP contribution in [0.1, 0.15) is 115 Å². The maximum atomic E-state index is 13.0. The van der Waals surface area contributed by atoms with Gasteiger partial charge in [-0.1, -0.05) is 218 Å². The monoisotopic (exact) mass is 1790 g/mol. The van der Waals surface area contributed by atoms with E-state index < -0.39 is 0 Å². The van der Waals surface area contributed by atoms with Crippen molar-refractivity contribution in [2.24, 2.45) is 0 Å². The minimum atomic E-state index is -0.0619. The summed E-state index contributed by atoms with van der Waals surface area (Å²) >= 11 is 0. The zero-order valence-corrected chi connectivity index (χ0v) is 73.8. The topological polar surface area (TPSA) is 338 Å². The zero-order chi connectivity index (χ0) is 86.4. The number of nitrogens with zero attached hydrogens (tertiary/aromatic N) is 2. The van der Waals surface area contributed by atoms with Crippen LogP contribution in [0, 0.1) is 0 Å². The van der Waals surface area contributed by atoms with Crippen molar-refractivity contribution in [3.8, 4) is 0 Å². The van der Waals surface area contributed by atoms with Crippen molar-refractivity contribution < 1.29 is 145 Å². The Kier molecular flexibility index (Phi) is 38.1. The number of allylic oxidation sites excluding steroid dienone is 1. The Balaban J connectivity index is 0.000000172. The van der Waals surface area contributed by atoms with E-state index in [-0.39, 0.29) is 124 Å². The summed E-state index contributed by atoms with van der Waals surface area (Å²) in [6.07, 6.45) is 14.0. The van der Waals surface area contributed by atoms with Crippen LogP contribution in [-0.4, -0.2) is 219 Å². The number of aliphatic hydroxyl groups is 6. The molecule has 12 aromatic rings. The molecule has 0 atom stereocenters. The molecule has 0 amide bonds. The molecule has 18 rings (SSSR count). The molecule has 0 aliphatic heterocycles. The van der Waals surface area contributed by atoms with Gasteiger partial charge in [0, 0.05) is 114 Å². The first-order chi connectivity index (χ1) is 60.1. The Morgan fingerprint density at radius 1 is 0.283 bits per heavy atom. The molecule has 0 fully saturated rings. The fraction of sp³-hybridized carbons (Fsp3) is 0.243. The summed E-state index contributed by atoms with van der Waals surface area (Å²) in [5.41, 5.74) is 26.8. The molecule has 6 aliphatic rings. The number of halogens is 4. The smallest absolute Gasteiger partial charge is 0.195 e. The highest BCUT2D eigenvalue weighted by Gasteiger charge is 2.34. The normalized spacial score (nSPS) is 13.4. The predicted octanol–water partition coefficient (Wildman–Crippen LogP) is -0.449. The highest BCUT2D eigenvalue weighted by atomic mass is 35.5. The molecular formula is C103H107Cl4N5O15. The van der Waals surface area contributed by atoms with E-state index in [0.717, 1.165) is 168 Å². The highest BCUT2D eigenvalue weighted by Crippen LogP contribution is 2.39. The van der Waals surface area contributed by atoms with E-state index in [4.69, 9.17) is 29.5 Å². The van der Waals surface area contributed by atoms with Gasteiger partial charge in [-0.3, -0.25) is 33.7 Å². The van der Waals surface area contributed by atoms with Crippen molar-refractivity contribution in [1.82, 2.24) is 4.90 Å². The number of rotatable bonds is 30. The molecule has 6 aliphatic carbocycles. The first-order valence-electron chi connectivity index (χ1n) is 42.1. The summed E-state index contributed by atoms with van der Waals surface area (Å²) in [4.78, 5) is 77.2. The maximum absolute atomic E-state index is 13.0. The number of hydrogen-bond donors (Lipinski definition) is 9. The highest BCUT2D eigenvalue weighted by molar-refractivity contribution is 6.27. The standard InChI is InChI=1S/C20H24NO4.2C18H19NO3.C17H16O2.C16H15NO2.C14H11NO.4ClH/c22-10-7-21(8-11-23,9-12-24)14-17-13-16-5-1-3-15-4-2-6-18(19(15)16)20(17)25;20-9-7-19(8-10-21)12-15-11-14-5-1-3-13-4-2-6-16(17(13)14)18(15)22;19-7-8-21-9-10-22-12-15-11-14-5-1-3-13-4-2-6-16(17(13)14)18(15)20;18-10-2-1-5-14-11-13-8-3-6-12-7-4-9-15(16(12)13)17(14)19;17-7-8-19-10-13-9-12-5-1-3-11-4-2-6-14(15(11)12)16(13)18;15-8-11-7-10-5-1-3-9-4-2-6-12(13(9)10)14(11)16;;;;/h1-6,13,22-24H,7-12,14H2;1-6,11,20-21H,7-10,12H2;1-6,11H,7-10,12,19H2;3-4,6-9,11,18H,1-2,5,10H2;1-6,9H,7-8,10,17H2;1-7H,8,15H2;4*1H/q+1;;;;;;;;;/p-1. The lowest BCUT2D eigenvalue weighted by molar-refractivity contribution is -0.924. The van der Waals surface area contributed by atoms with Gasteiger partial charge in [0.1, 0.15) is 32.7 Å². The Labute approximate surface area is 763 Å². The second kappa shape index (κ2) is 48.4. The van der Waals surface area contributed by atoms with Gasteiger partial charge >= 0.3 is 0 Å². The Morgan fingerprint density at radius 3 is 0.874 bits per heavy atom. The molecule has 15 N–H and O–H groups in total. The number of quaternary nitrogens is 4. The summed E-state index contributed by atoms with van der Waals surface area (Å²) in [7, 11) is 0. The van der Waals surface area contributed by atoms with Gasteiger partial charge in [0.2, 0.25) is 0 Å². The van der Waals surface area contributed by atoms with Gasteiger partial charge in [0.25, 0.3) is 0 Å². The Bertz CT molecular complexity index is 6010. The number of ether oxygens (including phenoxy) is 3. The number of carbonyl (C=O) groups excluding carboxylic acids is 6. The molecule has 0 saturated heterocycles. The fourth-order valence-corrected chi connectivity index (χ4v) is 17.0. The van der Waals surface area contributed by atoms with E-state index in [1.165, 1.54) is 0 Å². The van der Waals surface area contributed by atoms with Crippen LogP contribution >= 0.6 is 0 Å². The third-order valence-corrected chi connectivity index (χ3v) is 22.9. The van der Waals surface area contributed by atoms with E-state index in [1.807, 2.05) is 254 Å². The molecule has 662 valence electrons. The predicted molar refractivity (Wildman–Crippen MR) is 486 cm³/mol. The Hall–Kier alpha value is -10.7. The molecule has 0 unspecified atom stereocenters. The van der Waals surface area contributed by atoms with Crippen molar-refractivity contribution in [2.45, 2.75) is 19.3 Å². The van der Waals surface area contributed by atoms with Gasteiger partial charge in [-0.05, 0) is 121 Å². The van der Waals surface area contributed by atoms with Crippen molar-refractivity contribution in [1.29, 1.82) is 0 Å². The van der Waals surface area contributed by atoms with Gasteiger partial charge in [0.05, 0.1) is 96.9 Å². The van der Waals surface area contributed by atoms with Gasteiger partial charge < -0.3 is 116 Å². The minimum Gasteiger partial charge on any atom is -1.00 e. The van der Waals surface area contributed by atoms with Gasteiger partial charge in [-0.25, -0.2) is 0 Å². The minimum absolute atomic E-state index is 0. The molecule has 20 nitrogen and oxygen atoms in total. The van der Waals surface area contributed by atoms with Crippen molar-refractivity contribution in [3.05, 3.63) is 319 Å². The van der Waals surface area contributed by atoms with E-state index in [9.17, 15) is 44.1 Å². The van der Waals surface area contributed by atoms with E-state index in [1.54, 1.807) is 0 Å². The van der Waals surface area contributed by atoms with Crippen LogP contribution in [0.5, 0.6) is 0 Å². The first kappa shape index (κ1) is 100. The number of aliphatic hydroxyl groups excluding tert-OH is 6. The molecule has 0 spiro atoms. The molecule has 12 aromatic carbocycles. The summed E-state index contributed by atoms with van der Waals surface area (Å²) in [5.74, 6) is 0.420. The summed E-state index contributed by atoms with van der Waals surface area (Å²) in [5, 5.41) is 68.2. The SMILES string of the molecule is O=C1C(CCCCO)=Cc2cccc3cccc1c23.O=C1C(CN(CCO)CCO)=Cc2cccc3cccc1c23.O=C1C(C[N+](CCO)(CCO)CCO)=Cc2cccc3cccc1c23.[Cl-].[Cl-].[Cl-].[Cl-].[NH3+]CC1=Cc2cccc3cccc(c23)C1=O.[NH3+]CCOCC1=Cc2cccc3cccc(c23)C1=O.[NH3+]CCOCCOCC1=Cc2cccc3cccc(c23)C1=O. The average Bonchev–Trinajstić information content (AvgIpc) is 0.772.